The van der Waals surface area contributed by atoms with Crippen LogP contribution < -0.4 is 5.73 Å². The first kappa shape index (κ1) is 4.95. The summed E-state index contributed by atoms with van der Waals surface area (Å²) in [5.74, 6) is -11.8. The number of piperidine rings is 1. The van der Waals surface area contributed by atoms with Crippen LogP contribution in [0.15, 0.2) is 0 Å². The van der Waals surface area contributed by atoms with Crippen LogP contribution in [0, 0.1) is 34.5 Å². The number of carbonyl (C=O) groups excluding carboxylic acids is 1. The Hall–Kier alpha value is -1.12. The molecular weight excluding hydrogens is 290 g/mol. The number of hydrogen-bond donors (Lipinski definition) is 2. The fourth-order valence-corrected chi connectivity index (χ4v) is 3.40. The predicted molar refractivity (Wildman–Crippen MR) is 82.8 cm³/mol. The fraction of sp³-hybridized carbons (Fsp3) is 0.889. The summed E-state index contributed by atoms with van der Waals surface area (Å²) in [5.41, 5.74) is -2.40. The zero-order chi connectivity index (χ0) is 32.2. The van der Waals surface area contributed by atoms with Gasteiger partial charge in [-0.15, -0.1) is 0 Å². The van der Waals surface area contributed by atoms with Gasteiger partial charge in [0.2, 0.25) is 5.91 Å². The molecule has 4 bridgehead atoms. The molecule has 0 aromatic heterocycles. The number of nitrogens with zero attached hydrogens (tertiary/aromatic N) is 2. The number of nitrogens with two attached hydrogens (primary N) is 1. The topological polar surface area (TPSA) is 90.3 Å². The largest absolute Gasteiger partial charge is 0.390 e. The molecule has 6 fully saturated rings. The maximum atomic E-state index is 14.0. The SMILES string of the molecule is [2H]C1([2H])[C@H]2[C@@H](N(C(=O)[C@@H](N)C34C([2H])([2H])C5([2H])C([2H])([2H])C([2H])(C([2H])([2H])C(O)(C5([2H])[2H])C3([2H])[2H])C4([2H])[2H])[C@@H]1C#N)C2([2H])[2H]. The lowest BCUT2D eigenvalue weighted by atomic mass is 9.46. The highest BCUT2D eigenvalue weighted by molar-refractivity contribution is 5.84. The van der Waals surface area contributed by atoms with Crippen LogP contribution in [0.3, 0.4) is 0 Å². The first-order valence-electron chi connectivity index (χ1n) is 16.1. The van der Waals surface area contributed by atoms with Gasteiger partial charge in [-0.3, -0.25) is 4.79 Å². The van der Waals surface area contributed by atoms with Crippen molar-refractivity contribution in [2.45, 2.75) is 74.7 Å². The fourth-order valence-electron chi connectivity index (χ4n) is 3.40. The lowest BCUT2D eigenvalue weighted by Gasteiger charge is -2.61. The Balaban J connectivity index is 1.88. The van der Waals surface area contributed by atoms with Crippen molar-refractivity contribution < 1.29 is 34.6 Å². The van der Waals surface area contributed by atoms with Crippen LogP contribution in [0.1, 0.15) is 75.7 Å². The van der Waals surface area contributed by atoms with Gasteiger partial charge >= 0.3 is 0 Å². The van der Waals surface area contributed by atoms with Crippen molar-refractivity contribution in [2.24, 2.45) is 28.9 Å². The number of aliphatic hydroxyl groups is 1. The minimum Gasteiger partial charge on any atom is -0.390 e. The van der Waals surface area contributed by atoms with E-state index in [4.69, 9.17) is 30.4 Å². The summed E-state index contributed by atoms with van der Waals surface area (Å²) < 4.78 is 154. The third-order valence-electron chi connectivity index (χ3n) is 4.47. The quantitative estimate of drug-likeness (QED) is 0.793. The summed E-state index contributed by atoms with van der Waals surface area (Å²) in [4.78, 5) is 14.3. The summed E-state index contributed by atoms with van der Waals surface area (Å²) in [6.07, 6.45) is -30.7. The molecule has 5 aliphatic carbocycles. The Morgan fingerprint density at radius 3 is 2.70 bits per heavy atom. The van der Waals surface area contributed by atoms with Crippen molar-refractivity contribution in [3.63, 3.8) is 0 Å². The van der Waals surface area contributed by atoms with Crippen molar-refractivity contribution in [1.29, 1.82) is 5.26 Å². The van der Waals surface area contributed by atoms with Crippen molar-refractivity contribution >= 4 is 5.91 Å². The van der Waals surface area contributed by atoms with Gasteiger partial charge in [0.05, 0.1) is 17.7 Å². The molecule has 3 N–H and O–H groups in total. The lowest BCUT2D eigenvalue weighted by molar-refractivity contribution is -0.177. The molecule has 1 amide bonds. The molecular formula is C18H25N3O2. The molecule has 0 aromatic rings. The average Bonchev–Trinajstić information content (AvgIpc) is 3.27. The van der Waals surface area contributed by atoms with E-state index >= 15 is 0 Å². The molecule has 6 aliphatic rings. The Kier molecular flexibility index (Phi) is 0.923. The second-order valence-electron chi connectivity index (χ2n) is 6.03. The Morgan fingerprint density at radius 2 is 2.04 bits per heavy atom. The van der Waals surface area contributed by atoms with Crippen molar-refractivity contribution in [2.75, 3.05) is 0 Å². The van der Waals surface area contributed by atoms with E-state index < -0.39 is 104 Å². The minimum atomic E-state index is -4.39. The van der Waals surface area contributed by atoms with E-state index in [-0.39, 0.29) is 4.90 Å². The summed E-state index contributed by atoms with van der Waals surface area (Å²) in [6.45, 7) is 0. The highest BCUT2D eigenvalue weighted by Crippen LogP contribution is 2.63. The number of nitriles is 1. The highest BCUT2D eigenvalue weighted by Gasteiger charge is 2.62. The van der Waals surface area contributed by atoms with E-state index in [1.807, 2.05) is 0 Å². The van der Waals surface area contributed by atoms with Gasteiger partial charge in [-0.2, -0.15) is 5.26 Å². The summed E-state index contributed by atoms with van der Waals surface area (Å²) >= 11 is 0. The lowest BCUT2D eigenvalue weighted by Crippen LogP contribution is -2.64. The van der Waals surface area contributed by atoms with Crippen molar-refractivity contribution in [3.05, 3.63) is 0 Å². The standard InChI is InChI=1S/C18H25N3O2/c19-8-13-2-12-3-14(12)21(13)16(22)15(20)17-4-10-1-11(5-17)7-18(23,6-10)9-17/h10-15,23H,1-7,9,20H2/t10?,11?,12-,13+,14+,15-,17?,18?/m1/s1/i1D2,2D2,3D2,4D2,5D2,6D2,7D2,9D2,10D,11D. The third kappa shape index (κ3) is 1.88. The van der Waals surface area contributed by atoms with Crippen molar-refractivity contribution in [3.8, 4) is 6.07 Å². The minimum absolute atomic E-state index is 0.255. The van der Waals surface area contributed by atoms with E-state index in [0.717, 1.165) is 0 Å². The van der Waals surface area contributed by atoms with Crippen LogP contribution >= 0.6 is 0 Å². The van der Waals surface area contributed by atoms with Crippen LogP contribution in [0.4, 0.5) is 0 Å². The monoisotopic (exact) mass is 333 g/mol. The molecule has 5 saturated carbocycles. The van der Waals surface area contributed by atoms with Gasteiger partial charge in [0.15, 0.2) is 0 Å². The molecule has 0 spiro atoms. The number of likely N-dealkylation sites (tertiary alicyclic amines) is 1. The van der Waals surface area contributed by atoms with Gasteiger partial charge in [-0.25, -0.2) is 0 Å². The van der Waals surface area contributed by atoms with E-state index in [0.29, 0.717) is 0 Å². The van der Waals surface area contributed by atoms with E-state index in [9.17, 15) is 15.2 Å². The molecule has 1 aliphatic heterocycles. The molecule has 6 atom stereocenters. The van der Waals surface area contributed by atoms with Crippen LogP contribution in [-0.4, -0.2) is 39.6 Å². The van der Waals surface area contributed by atoms with Gasteiger partial charge in [0, 0.05) is 30.7 Å². The van der Waals surface area contributed by atoms with Gasteiger partial charge in [-0.05, 0) is 74.1 Å². The molecule has 5 heteroatoms. The number of hydrogen-bond acceptors (Lipinski definition) is 4. The Morgan fingerprint density at radius 1 is 1.35 bits per heavy atom. The first-order valence-corrected chi connectivity index (χ1v) is 7.08. The predicted octanol–water partition coefficient (Wildman–Crippen LogP) is 1.16. The highest BCUT2D eigenvalue weighted by atomic mass is 16.3. The van der Waals surface area contributed by atoms with Gasteiger partial charge in [0.1, 0.15) is 6.04 Å². The second kappa shape index (κ2) is 4.29. The van der Waals surface area contributed by atoms with Crippen molar-refractivity contribution in [1.82, 2.24) is 4.90 Å². The molecule has 0 aromatic carbocycles. The van der Waals surface area contributed by atoms with Crippen LogP contribution in [0.2, 0.25) is 0 Å². The number of fused-ring (bicyclic) bond motifs is 1. The molecule has 2 unspecified atom stereocenters. The molecule has 1 heterocycles. The average molecular weight is 334 g/mol. The summed E-state index contributed by atoms with van der Waals surface area (Å²) in [5, 5.41) is 21.3. The zero-order valence-corrected chi connectivity index (χ0v) is 11.6. The van der Waals surface area contributed by atoms with Crippen LogP contribution in [0.5, 0.6) is 0 Å². The number of rotatable bonds is 2. The van der Waals surface area contributed by atoms with E-state index in [1.54, 1.807) is 0 Å². The normalized spacial score (nSPS) is 89.3. The number of carbonyl (C=O) groups is 1. The summed E-state index contributed by atoms with van der Waals surface area (Å²) in [6, 6.07) is -5.46. The van der Waals surface area contributed by atoms with E-state index in [2.05, 4.69) is 0 Å². The molecule has 0 radical (unpaired) electrons. The Bertz CT molecular complexity index is 1210. The molecule has 23 heavy (non-hydrogen) atoms. The second-order valence-corrected chi connectivity index (χ2v) is 6.03. The number of amides is 1. The third-order valence-corrected chi connectivity index (χ3v) is 4.47. The molecule has 1 saturated heterocycles. The molecule has 124 valence electrons. The smallest absolute Gasteiger partial charge is 0.241 e. The van der Waals surface area contributed by atoms with E-state index in [1.165, 1.54) is 6.07 Å². The molecule has 5 nitrogen and oxygen atoms in total. The summed E-state index contributed by atoms with van der Waals surface area (Å²) in [7, 11) is 0. The van der Waals surface area contributed by atoms with Gasteiger partial charge in [0.25, 0.3) is 0 Å². The van der Waals surface area contributed by atoms with Crippen LogP contribution in [-0.2, 0) is 4.79 Å². The Labute approximate surface area is 162 Å². The van der Waals surface area contributed by atoms with Crippen LogP contribution in [0.25, 0.3) is 0 Å². The first-order chi connectivity index (χ1) is 17.9. The van der Waals surface area contributed by atoms with Gasteiger partial charge < -0.3 is 15.7 Å². The maximum absolute atomic E-state index is 14.0. The molecule has 6 rings (SSSR count). The zero-order valence-electron chi connectivity index (χ0n) is 29.6. The van der Waals surface area contributed by atoms with Gasteiger partial charge in [-0.1, -0.05) is 0 Å². The maximum Gasteiger partial charge on any atom is 0.241 e.